The van der Waals surface area contributed by atoms with Gasteiger partial charge in [0.2, 0.25) is 5.91 Å². The minimum atomic E-state index is -0.296. The topological polar surface area (TPSA) is 49.4 Å². The Morgan fingerprint density at radius 1 is 1.22 bits per heavy atom. The van der Waals surface area contributed by atoms with Crippen LogP contribution in [0.5, 0.6) is 0 Å². The number of amides is 2. The smallest absolute Gasteiger partial charge is 0.273 e. The van der Waals surface area contributed by atoms with E-state index >= 15 is 0 Å². The Kier molecular flexibility index (Phi) is 4.90. The SMILES string of the molecule is O=C(Cc1ccccc1)NN1C(=O)C(=Cc2cccs2)SC1=S. The quantitative estimate of drug-likeness (QED) is 0.672. The van der Waals surface area contributed by atoms with Crippen molar-refractivity contribution in [3.05, 3.63) is 63.2 Å². The van der Waals surface area contributed by atoms with E-state index in [-0.39, 0.29) is 18.2 Å². The van der Waals surface area contributed by atoms with Crippen molar-refractivity contribution in [3.63, 3.8) is 0 Å². The summed E-state index contributed by atoms with van der Waals surface area (Å²) < 4.78 is 0.333. The van der Waals surface area contributed by atoms with Crippen LogP contribution in [0, 0.1) is 0 Å². The Morgan fingerprint density at radius 3 is 2.70 bits per heavy atom. The Balaban J connectivity index is 1.67. The highest BCUT2D eigenvalue weighted by Crippen LogP contribution is 2.32. The van der Waals surface area contributed by atoms with Crippen molar-refractivity contribution in [3.8, 4) is 0 Å². The number of hydrazine groups is 1. The number of hydrogen-bond donors (Lipinski definition) is 1. The van der Waals surface area contributed by atoms with E-state index in [9.17, 15) is 9.59 Å². The minimum Gasteiger partial charge on any atom is -0.273 e. The second kappa shape index (κ2) is 7.08. The molecule has 7 heteroatoms. The molecular weight excluding hydrogens is 348 g/mol. The molecule has 0 radical (unpaired) electrons. The third-order valence-electron chi connectivity index (χ3n) is 3.05. The molecule has 3 rings (SSSR count). The molecule has 0 bridgehead atoms. The molecule has 0 saturated carbocycles. The van der Waals surface area contributed by atoms with Crippen LogP contribution in [0.3, 0.4) is 0 Å². The standard InChI is InChI=1S/C16H12N2O2S3/c19-14(9-11-5-2-1-3-6-11)17-18-15(20)13(23-16(18)21)10-12-7-4-8-22-12/h1-8,10H,9H2,(H,17,19). The molecule has 1 fully saturated rings. The normalized spacial score (nSPS) is 16.2. The van der Waals surface area contributed by atoms with Crippen molar-refractivity contribution in [2.75, 3.05) is 0 Å². The maximum absolute atomic E-state index is 12.4. The Bertz CT molecular complexity index is 770. The van der Waals surface area contributed by atoms with Crippen LogP contribution >= 0.6 is 35.3 Å². The van der Waals surface area contributed by atoms with E-state index in [0.717, 1.165) is 15.4 Å². The van der Waals surface area contributed by atoms with Crippen molar-refractivity contribution >= 4 is 57.5 Å². The van der Waals surface area contributed by atoms with Crippen LogP contribution in [-0.4, -0.2) is 21.1 Å². The maximum atomic E-state index is 12.4. The minimum absolute atomic E-state index is 0.196. The molecule has 0 atom stereocenters. The summed E-state index contributed by atoms with van der Waals surface area (Å²) >= 11 is 7.92. The third kappa shape index (κ3) is 3.87. The molecule has 0 spiro atoms. The highest BCUT2D eigenvalue weighted by molar-refractivity contribution is 8.26. The van der Waals surface area contributed by atoms with Gasteiger partial charge >= 0.3 is 0 Å². The van der Waals surface area contributed by atoms with Gasteiger partial charge in [-0.05, 0) is 35.3 Å². The molecule has 1 N–H and O–H groups in total. The summed E-state index contributed by atoms with van der Waals surface area (Å²) in [6.07, 6.45) is 1.98. The monoisotopic (exact) mass is 360 g/mol. The van der Waals surface area contributed by atoms with Crippen molar-refractivity contribution in [2.24, 2.45) is 0 Å². The second-order valence-electron chi connectivity index (χ2n) is 4.73. The van der Waals surface area contributed by atoms with E-state index in [1.165, 1.54) is 23.1 Å². The van der Waals surface area contributed by atoms with Crippen LogP contribution in [-0.2, 0) is 16.0 Å². The van der Waals surface area contributed by atoms with Crippen molar-refractivity contribution in [2.45, 2.75) is 6.42 Å². The summed E-state index contributed by atoms with van der Waals surface area (Å²) in [6.45, 7) is 0. The van der Waals surface area contributed by atoms with Gasteiger partial charge in [0.1, 0.15) is 0 Å². The fourth-order valence-electron chi connectivity index (χ4n) is 2.01. The zero-order valence-corrected chi connectivity index (χ0v) is 14.3. The van der Waals surface area contributed by atoms with Crippen LogP contribution in [0.2, 0.25) is 0 Å². The van der Waals surface area contributed by atoms with Crippen molar-refractivity contribution < 1.29 is 9.59 Å². The molecule has 0 unspecified atom stereocenters. The molecule has 2 aromatic rings. The summed E-state index contributed by atoms with van der Waals surface area (Å²) in [6, 6.07) is 13.2. The number of thiophene rings is 1. The Labute approximate surface area is 147 Å². The van der Waals surface area contributed by atoms with Crippen molar-refractivity contribution in [1.29, 1.82) is 0 Å². The largest absolute Gasteiger partial charge is 0.285 e. The van der Waals surface area contributed by atoms with Gasteiger partial charge in [-0.2, -0.15) is 5.01 Å². The lowest BCUT2D eigenvalue weighted by atomic mass is 10.1. The van der Waals surface area contributed by atoms with Crippen molar-refractivity contribution in [1.82, 2.24) is 10.4 Å². The number of nitrogens with zero attached hydrogens (tertiary/aromatic N) is 1. The molecule has 1 aliphatic rings. The van der Waals surface area contributed by atoms with E-state index in [1.54, 1.807) is 6.08 Å². The number of thioether (sulfide) groups is 1. The van der Waals surface area contributed by atoms with E-state index in [0.29, 0.717) is 9.23 Å². The van der Waals surface area contributed by atoms with Crippen LogP contribution in [0.4, 0.5) is 0 Å². The average Bonchev–Trinajstić information content (AvgIpc) is 3.13. The summed E-state index contributed by atoms with van der Waals surface area (Å²) in [5.41, 5.74) is 3.46. The number of thiocarbonyl (C=S) groups is 1. The third-order valence-corrected chi connectivity index (χ3v) is 5.18. The zero-order chi connectivity index (χ0) is 16.2. The number of hydrogen-bond acceptors (Lipinski definition) is 5. The molecule has 2 amide bonds. The van der Waals surface area contributed by atoms with Gasteiger partial charge in [-0.3, -0.25) is 15.0 Å². The highest BCUT2D eigenvalue weighted by Gasteiger charge is 2.33. The van der Waals surface area contributed by atoms with E-state index in [2.05, 4.69) is 5.43 Å². The van der Waals surface area contributed by atoms with Gasteiger partial charge in [-0.1, -0.05) is 48.2 Å². The van der Waals surface area contributed by atoms with Crippen LogP contribution < -0.4 is 5.43 Å². The van der Waals surface area contributed by atoms with Crippen LogP contribution in [0.15, 0.2) is 52.7 Å². The lowest BCUT2D eigenvalue weighted by Crippen LogP contribution is -2.45. The molecule has 1 aliphatic heterocycles. The number of nitrogens with one attached hydrogen (secondary N) is 1. The van der Waals surface area contributed by atoms with Gasteiger partial charge in [-0.25, -0.2) is 0 Å². The first-order chi connectivity index (χ1) is 11.1. The van der Waals surface area contributed by atoms with Crippen LogP contribution in [0.25, 0.3) is 6.08 Å². The molecule has 1 aromatic heterocycles. The second-order valence-corrected chi connectivity index (χ2v) is 7.38. The van der Waals surface area contributed by atoms with E-state index in [1.807, 2.05) is 47.8 Å². The molecular formula is C16H12N2O2S3. The van der Waals surface area contributed by atoms with E-state index < -0.39 is 0 Å². The lowest BCUT2D eigenvalue weighted by Gasteiger charge is -2.15. The summed E-state index contributed by atoms with van der Waals surface area (Å²) in [5, 5.41) is 3.08. The summed E-state index contributed by atoms with van der Waals surface area (Å²) in [7, 11) is 0. The predicted octanol–water partition coefficient (Wildman–Crippen LogP) is 3.22. The maximum Gasteiger partial charge on any atom is 0.285 e. The van der Waals surface area contributed by atoms with Crippen LogP contribution in [0.1, 0.15) is 10.4 Å². The fourth-order valence-corrected chi connectivity index (χ4v) is 3.91. The van der Waals surface area contributed by atoms with Gasteiger partial charge < -0.3 is 0 Å². The Hall–Kier alpha value is -1.96. The van der Waals surface area contributed by atoms with Gasteiger partial charge in [-0.15, -0.1) is 11.3 Å². The average molecular weight is 360 g/mol. The summed E-state index contributed by atoms with van der Waals surface area (Å²) in [5.74, 6) is -0.570. The van der Waals surface area contributed by atoms with Gasteiger partial charge in [0, 0.05) is 4.88 Å². The van der Waals surface area contributed by atoms with E-state index in [4.69, 9.17) is 12.2 Å². The molecule has 1 saturated heterocycles. The highest BCUT2D eigenvalue weighted by atomic mass is 32.2. The Morgan fingerprint density at radius 2 is 2.00 bits per heavy atom. The predicted molar refractivity (Wildman–Crippen MR) is 97.6 cm³/mol. The summed E-state index contributed by atoms with van der Waals surface area (Å²) in [4.78, 5) is 25.9. The first kappa shape index (κ1) is 15.9. The number of carbonyl (C=O) groups excluding carboxylic acids is 2. The number of carbonyl (C=O) groups is 2. The number of rotatable bonds is 4. The van der Waals surface area contributed by atoms with Gasteiger partial charge in [0.05, 0.1) is 11.3 Å². The first-order valence-electron chi connectivity index (χ1n) is 6.78. The molecule has 4 nitrogen and oxygen atoms in total. The zero-order valence-electron chi connectivity index (χ0n) is 11.9. The first-order valence-corrected chi connectivity index (χ1v) is 8.89. The lowest BCUT2D eigenvalue weighted by molar-refractivity contribution is -0.132. The van der Waals surface area contributed by atoms with Gasteiger partial charge in [0.25, 0.3) is 5.91 Å². The van der Waals surface area contributed by atoms with Gasteiger partial charge in [0.15, 0.2) is 4.32 Å². The molecule has 23 heavy (non-hydrogen) atoms. The molecule has 1 aromatic carbocycles. The molecule has 116 valence electrons. The number of benzene rings is 1. The fraction of sp³-hybridized carbons (Fsp3) is 0.0625. The molecule has 0 aliphatic carbocycles. The molecule has 2 heterocycles.